The van der Waals surface area contributed by atoms with Gasteiger partial charge in [-0.3, -0.25) is 4.79 Å². The molecule has 1 nitrogen and oxygen atoms in total. The lowest BCUT2D eigenvalue weighted by molar-refractivity contribution is -0.112. The zero-order chi connectivity index (χ0) is 11.3. The minimum Gasteiger partial charge on any atom is -0.295 e. The van der Waals surface area contributed by atoms with E-state index in [0.29, 0.717) is 5.92 Å². The van der Waals surface area contributed by atoms with E-state index in [0.717, 1.165) is 12.0 Å². The van der Waals surface area contributed by atoms with Crippen LogP contribution in [0.25, 0.3) is 6.08 Å². The van der Waals surface area contributed by atoms with Crippen LogP contribution in [0.15, 0.2) is 30.3 Å². The monoisotopic (exact) mass is 202 g/mol. The van der Waals surface area contributed by atoms with Crippen LogP contribution in [-0.4, -0.2) is 5.78 Å². The molecule has 0 spiro atoms. The van der Waals surface area contributed by atoms with E-state index >= 15 is 0 Å². The zero-order valence-corrected chi connectivity index (χ0v) is 9.66. The van der Waals surface area contributed by atoms with Crippen LogP contribution in [-0.2, 0) is 11.2 Å². The maximum Gasteiger partial charge on any atom is 0.152 e. The molecule has 0 atom stereocenters. The predicted molar refractivity (Wildman–Crippen MR) is 64.7 cm³/mol. The molecule has 0 fully saturated rings. The van der Waals surface area contributed by atoms with Crippen molar-refractivity contribution in [2.75, 3.05) is 0 Å². The number of carbonyl (C=O) groups excluding carboxylic acids is 1. The Hall–Kier alpha value is -1.37. The summed E-state index contributed by atoms with van der Waals surface area (Å²) in [7, 11) is 0. The van der Waals surface area contributed by atoms with Crippen LogP contribution in [0.2, 0.25) is 0 Å². The Kier molecular flexibility index (Phi) is 4.29. The molecule has 0 aliphatic rings. The van der Waals surface area contributed by atoms with Gasteiger partial charge in [-0.1, -0.05) is 44.2 Å². The third kappa shape index (κ3) is 4.59. The first kappa shape index (κ1) is 11.7. The van der Waals surface area contributed by atoms with Crippen LogP contribution < -0.4 is 0 Å². The Morgan fingerprint density at radius 3 is 2.33 bits per heavy atom. The topological polar surface area (TPSA) is 17.1 Å². The molecule has 1 aromatic carbocycles. The summed E-state index contributed by atoms with van der Waals surface area (Å²) in [5.74, 6) is 0.768. The number of carbonyl (C=O) groups is 1. The zero-order valence-electron chi connectivity index (χ0n) is 9.66. The van der Waals surface area contributed by atoms with Gasteiger partial charge in [-0.05, 0) is 36.5 Å². The van der Waals surface area contributed by atoms with E-state index < -0.39 is 0 Å². The SMILES string of the molecule is CC(=O)C=Cc1ccc(CC(C)C)cc1. The number of rotatable bonds is 4. The van der Waals surface area contributed by atoms with Crippen LogP contribution >= 0.6 is 0 Å². The van der Waals surface area contributed by atoms with E-state index in [1.807, 2.05) is 6.08 Å². The fourth-order valence-electron chi connectivity index (χ4n) is 1.45. The van der Waals surface area contributed by atoms with Crippen molar-refractivity contribution < 1.29 is 4.79 Å². The highest BCUT2D eigenvalue weighted by Crippen LogP contribution is 2.10. The van der Waals surface area contributed by atoms with Gasteiger partial charge >= 0.3 is 0 Å². The fourth-order valence-corrected chi connectivity index (χ4v) is 1.45. The third-order valence-electron chi connectivity index (χ3n) is 2.13. The highest BCUT2D eigenvalue weighted by molar-refractivity contribution is 5.91. The number of hydrogen-bond donors (Lipinski definition) is 0. The second-order valence-corrected chi connectivity index (χ2v) is 4.28. The Balaban J connectivity index is 2.68. The lowest BCUT2D eigenvalue weighted by atomic mass is 10.0. The van der Waals surface area contributed by atoms with Crippen LogP contribution in [0.1, 0.15) is 31.9 Å². The average Bonchev–Trinajstić information content (AvgIpc) is 2.16. The molecule has 80 valence electrons. The van der Waals surface area contributed by atoms with Crippen molar-refractivity contribution in [3.05, 3.63) is 41.5 Å². The molecule has 0 aromatic heterocycles. The summed E-state index contributed by atoms with van der Waals surface area (Å²) < 4.78 is 0. The molecule has 0 saturated heterocycles. The molecule has 1 heteroatoms. The first-order chi connectivity index (χ1) is 7.08. The minimum absolute atomic E-state index is 0.0845. The van der Waals surface area contributed by atoms with Crippen molar-refractivity contribution in [1.29, 1.82) is 0 Å². The Morgan fingerprint density at radius 1 is 1.27 bits per heavy atom. The molecule has 0 radical (unpaired) electrons. The highest BCUT2D eigenvalue weighted by atomic mass is 16.1. The number of benzene rings is 1. The van der Waals surface area contributed by atoms with Gasteiger partial charge in [-0.2, -0.15) is 0 Å². The summed E-state index contributed by atoms with van der Waals surface area (Å²) in [5.41, 5.74) is 2.43. The van der Waals surface area contributed by atoms with E-state index in [1.165, 1.54) is 5.56 Å². The first-order valence-electron chi connectivity index (χ1n) is 5.35. The molecule has 0 amide bonds. The maximum absolute atomic E-state index is 10.7. The summed E-state index contributed by atoms with van der Waals surface area (Å²) in [6.45, 7) is 5.98. The quantitative estimate of drug-likeness (QED) is 0.683. The molecular formula is C14H18O. The molecule has 0 aliphatic heterocycles. The van der Waals surface area contributed by atoms with Gasteiger partial charge in [0.1, 0.15) is 0 Å². The van der Waals surface area contributed by atoms with E-state index in [1.54, 1.807) is 13.0 Å². The smallest absolute Gasteiger partial charge is 0.152 e. The van der Waals surface area contributed by atoms with Crippen LogP contribution in [0, 0.1) is 5.92 Å². The van der Waals surface area contributed by atoms with Gasteiger partial charge in [-0.15, -0.1) is 0 Å². The van der Waals surface area contributed by atoms with E-state index in [9.17, 15) is 4.79 Å². The normalized spacial score (nSPS) is 11.2. The van der Waals surface area contributed by atoms with Gasteiger partial charge in [0.15, 0.2) is 5.78 Å². The van der Waals surface area contributed by atoms with Crippen LogP contribution in [0.4, 0.5) is 0 Å². The van der Waals surface area contributed by atoms with E-state index in [-0.39, 0.29) is 5.78 Å². The standard InChI is InChI=1S/C14H18O/c1-11(2)10-14-8-6-13(7-9-14)5-4-12(3)15/h4-9,11H,10H2,1-3H3. The highest BCUT2D eigenvalue weighted by Gasteiger charge is 1.96. The van der Waals surface area contributed by atoms with Gasteiger partial charge in [-0.25, -0.2) is 0 Å². The van der Waals surface area contributed by atoms with Crippen molar-refractivity contribution in [2.24, 2.45) is 5.92 Å². The fraction of sp³-hybridized carbons (Fsp3) is 0.357. The van der Waals surface area contributed by atoms with Crippen molar-refractivity contribution in [2.45, 2.75) is 27.2 Å². The molecule has 0 N–H and O–H groups in total. The molecule has 0 aliphatic carbocycles. The van der Waals surface area contributed by atoms with Crippen molar-refractivity contribution >= 4 is 11.9 Å². The molecule has 1 aromatic rings. The maximum atomic E-state index is 10.7. The second-order valence-electron chi connectivity index (χ2n) is 4.28. The predicted octanol–water partition coefficient (Wildman–Crippen LogP) is 3.49. The van der Waals surface area contributed by atoms with Gasteiger partial charge in [0.25, 0.3) is 0 Å². The van der Waals surface area contributed by atoms with Crippen molar-refractivity contribution in [3.8, 4) is 0 Å². The summed E-state index contributed by atoms with van der Waals surface area (Å²) in [5, 5.41) is 0. The lowest BCUT2D eigenvalue weighted by Crippen LogP contribution is -1.93. The van der Waals surface area contributed by atoms with Crippen LogP contribution in [0.3, 0.4) is 0 Å². The number of ketones is 1. The Bertz CT molecular complexity index is 344. The summed E-state index contributed by atoms with van der Waals surface area (Å²) in [6.07, 6.45) is 4.55. The van der Waals surface area contributed by atoms with Crippen molar-refractivity contribution in [3.63, 3.8) is 0 Å². The average molecular weight is 202 g/mol. The number of allylic oxidation sites excluding steroid dienone is 1. The lowest BCUT2D eigenvalue weighted by Gasteiger charge is -2.04. The molecule has 0 unspecified atom stereocenters. The molecule has 0 saturated carbocycles. The van der Waals surface area contributed by atoms with Crippen LogP contribution in [0.5, 0.6) is 0 Å². The largest absolute Gasteiger partial charge is 0.295 e. The van der Waals surface area contributed by atoms with Gasteiger partial charge in [0.05, 0.1) is 0 Å². The van der Waals surface area contributed by atoms with E-state index in [2.05, 4.69) is 38.1 Å². The Morgan fingerprint density at radius 2 is 1.87 bits per heavy atom. The molecular weight excluding hydrogens is 184 g/mol. The Labute approximate surface area is 91.8 Å². The van der Waals surface area contributed by atoms with E-state index in [4.69, 9.17) is 0 Å². The van der Waals surface area contributed by atoms with Gasteiger partial charge in [0, 0.05) is 0 Å². The summed E-state index contributed by atoms with van der Waals surface area (Å²) >= 11 is 0. The second kappa shape index (κ2) is 5.50. The van der Waals surface area contributed by atoms with Crippen molar-refractivity contribution in [1.82, 2.24) is 0 Å². The minimum atomic E-state index is 0.0845. The number of hydrogen-bond acceptors (Lipinski definition) is 1. The summed E-state index contributed by atoms with van der Waals surface area (Å²) in [6, 6.07) is 8.36. The van der Waals surface area contributed by atoms with Gasteiger partial charge < -0.3 is 0 Å². The summed E-state index contributed by atoms with van der Waals surface area (Å²) in [4.78, 5) is 10.7. The molecule has 0 bridgehead atoms. The van der Waals surface area contributed by atoms with Gasteiger partial charge in [0.2, 0.25) is 0 Å². The first-order valence-corrected chi connectivity index (χ1v) is 5.35. The molecule has 15 heavy (non-hydrogen) atoms. The molecule has 1 rings (SSSR count). The molecule has 0 heterocycles. The third-order valence-corrected chi connectivity index (χ3v) is 2.13.